The standard InChI is InChI=1S/C21H14Cl3N3O4S/c1-27(26-12-13-9-14(22)10-19(24)21(13)28)32(29,30)16-7-5-15(6-8-16)31-20-4-2-3-18(23)17(20)11-25/h2-10,12,28H,1H3. The van der Waals surface area contributed by atoms with E-state index in [9.17, 15) is 18.8 Å². The fourth-order valence-corrected chi connectivity index (χ4v) is 4.22. The van der Waals surface area contributed by atoms with Crippen molar-refractivity contribution < 1.29 is 18.3 Å². The van der Waals surface area contributed by atoms with E-state index in [2.05, 4.69) is 5.10 Å². The molecule has 0 heterocycles. The van der Waals surface area contributed by atoms with Crippen LogP contribution in [0, 0.1) is 11.3 Å². The number of hydrazone groups is 1. The van der Waals surface area contributed by atoms with Crippen LogP contribution in [0.3, 0.4) is 0 Å². The molecule has 0 amide bonds. The third-order valence-electron chi connectivity index (χ3n) is 4.20. The summed E-state index contributed by atoms with van der Waals surface area (Å²) in [5.74, 6) is 0.287. The third-order valence-corrected chi connectivity index (χ3v) is 6.68. The van der Waals surface area contributed by atoms with Gasteiger partial charge in [-0.05, 0) is 48.5 Å². The first kappa shape index (κ1) is 23.7. The number of nitrogens with zero attached hydrogens (tertiary/aromatic N) is 3. The summed E-state index contributed by atoms with van der Waals surface area (Å²) in [6.45, 7) is 0. The number of phenols is 1. The molecule has 0 saturated carbocycles. The van der Waals surface area contributed by atoms with Gasteiger partial charge < -0.3 is 9.84 Å². The lowest BCUT2D eigenvalue weighted by atomic mass is 10.2. The van der Waals surface area contributed by atoms with E-state index >= 15 is 0 Å². The van der Waals surface area contributed by atoms with Crippen LogP contribution in [-0.4, -0.2) is 31.2 Å². The smallest absolute Gasteiger partial charge is 0.278 e. The first-order valence-corrected chi connectivity index (χ1v) is 11.4. The van der Waals surface area contributed by atoms with E-state index in [1.165, 1.54) is 43.4 Å². The molecule has 0 atom stereocenters. The van der Waals surface area contributed by atoms with Gasteiger partial charge in [-0.2, -0.15) is 23.2 Å². The van der Waals surface area contributed by atoms with Crippen LogP contribution in [-0.2, 0) is 10.0 Å². The molecule has 0 saturated heterocycles. The van der Waals surface area contributed by atoms with Crippen molar-refractivity contribution in [1.29, 1.82) is 5.26 Å². The highest BCUT2D eigenvalue weighted by molar-refractivity contribution is 7.89. The fourth-order valence-electron chi connectivity index (χ4n) is 2.55. The molecule has 0 unspecified atom stereocenters. The summed E-state index contributed by atoms with van der Waals surface area (Å²) in [4.78, 5) is -0.0514. The Bertz CT molecular complexity index is 1340. The van der Waals surface area contributed by atoms with Crippen molar-refractivity contribution in [3.05, 3.63) is 80.8 Å². The Labute approximate surface area is 199 Å². The SMILES string of the molecule is CN(N=Cc1cc(Cl)cc(Cl)c1O)S(=O)(=O)c1ccc(Oc2cccc(Cl)c2C#N)cc1. The van der Waals surface area contributed by atoms with Crippen LogP contribution in [0.25, 0.3) is 0 Å². The lowest BCUT2D eigenvalue weighted by Crippen LogP contribution is -2.21. The highest BCUT2D eigenvalue weighted by Crippen LogP contribution is 2.31. The predicted octanol–water partition coefficient (Wildman–Crippen LogP) is 5.67. The lowest BCUT2D eigenvalue weighted by molar-refractivity contribution is 0.472. The highest BCUT2D eigenvalue weighted by atomic mass is 35.5. The van der Waals surface area contributed by atoms with Gasteiger partial charge in [0.05, 0.1) is 21.2 Å². The second-order valence-corrected chi connectivity index (χ2v) is 9.51. The molecule has 1 N–H and O–H groups in total. The van der Waals surface area contributed by atoms with E-state index in [1.54, 1.807) is 18.2 Å². The zero-order chi connectivity index (χ0) is 23.5. The Morgan fingerprint density at radius 3 is 2.44 bits per heavy atom. The number of halogens is 3. The second kappa shape index (κ2) is 9.67. The summed E-state index contributed by atoms with van der Waals surface area (Å²) in [7, 11) is -2.75. The molecule has 0 spiro atoms. The summed E-state index contributed by atoms with van der Waals surface area (Å²) in [5.41, 5.74) is 0.326. The summed E-state index contributed by atoms with van der Waals surface area (Å²) in [5, 5.41) is 23.6. The Kier molecular flexibility index (Phi) is 7.16. The van der Waals surface area contributed by atoms with Crippen molar-refractivity contribution in [2.75, 3.05) is 7.05 Å². The number of hydrogen-bond acceptors (Lipinski definition) is 6. The minimum absolute atomic E-state index is 0.0132. The van der Waals surface area contributed by atoms with Crippen molar-refractivity contribution in [3.63, 3.8) is 0 Å². The zero-order valence-electron chi connectivity index (χ0n) is 16.3. The van der Waals surface area contributed by atoms with Crippen molar-refractivity contribution in [2.45, 2.75) is 4.90 Å². The maximum atomic E-state index is 12.8. The number of sulfonamides is 1. The molecule has 3 rings (SSSR count). The minimum Gasteiger partial charge on any atom is -0.506 e. The molecule has 32 heavy (non-hydrogen) atoms. The first-order chi connectivity index (χ1) is 15.1. The second-order valence-electron chi connectivity index (χ2n) is 6.31. The van der Waals surface area contributed by atoms with Gasteiger partial charge in [0.1, 0.15) is 28.9 Å². The topological polar surface area (TPSA) is 103 Å². The molecule has 11 heteroatoms. The number of benzene rings is 3. The van der Waals surface area contributed by atoms with Gasteiger partial charge in [-0.3, -0.25) is 0 Å². The first-order valence-electron chi connectivity index (χ1n) is 8.81. The summed E-state index contributed by atoms with van der Waals surface area (Å²) in [6.07, 6.45) is 1.13. The monoisotopic (exact) mass is 509 g/mol. The van der Waals surface area contributed by atoms with Crippen LogP contribution < -0.4 is 4.74 Å². The van der Waals surface area contributed by atoms with E-state index in [-0.39, 0.29) is 42.6 Å². The molecule has 0 aromatic heterocycles. The van der Waals surface area contributed by atoms with Gasteiger partial charge in [-0.15, -0.1) is 0 Å². The summed E-state index contributed by atoms with van der Waals surface area (Å²) < 4.78 is 32.0. The van der Waals surface area contributed by atoms with Gasteiger partial charge in [-0.1, -0.05) is 40.9 Å². The van der Waals surface area contributed by atoms with E-state index in [0.29, 0.717) is 5.75 Å². The molecule has 3 aromatic rings. The van der Waals surface area contributed by atoms with Gasteiger partial charge >= 0.3 is 0 Å². The predicted molar refractivity (Wildman–Crippen MR) is 123 cm³/mol. The molecule has 3 aromatic carbocycles. The van der Waals surface area contributed by atoms with E-state index < -0.39 is 10.0 Å². The van der Waals surface area contributed by atoms with Gasteiger partial charge in [0, 0.05) is 17.6 Å². The molecule has 164 valence electrons. The van der Waals surface area contributed by atoms with Gasteiger partial charge in [0.2, 0.25) is 0 Å². The molecule has 7 nitrogen and oxygen atoms in total. The van der Waals surface area contributed by atoms with Crippen LogP contribution in [0.2, 0.25) is 15.1 Å². The Hall–Kier alpha value is -2.96. The van der Waals surface area contributed by atoms with E-state index in [4.69, 9.17) is 39.5 Å². The van der Waals surface area contributed by atoms with Crippen molar-refractivity contribution >= 4 is 51.0 Å². The lowest BCUT2D eigenvalue weighted by Gasteiger charge is -2.14. The number of hydrogen-bond donors (Lipinski definition) is 1. The molecule has 0 bridgehead atoms. The largest absolute Gasteiger partial charge is 0.506 e. The van der Waals surface area contributed by atoms with Crippen molar-refractivity contribution in [1.82, 2.24) is 4.41 Å². The maximum absolute atomic E-state index is 12.8. The van der Waals surface area contributed by atoms with Crippen LogP contribution in [0.4, 0.5) is 0 Å². The average Bonchev–Trinajstić information content (AvgIpc) is 2.75. The number of ether oxygens (including phenoxy) is 1. The number of phenolic OH excluding ortho intramolecular Hbond substituents is 1. The summed E-state index contributed by atoms with van der Waals surface area (Å²) >= 11 is 17.7. The Morgan fingerprint density at radius 2 is 1.78 bits per heavy atom. The average molecular weight is 511 g/mol. The van der Waals surface area contributed by atoms with Crippen LogP contribution in [0.1, 0.15) is 11.1 Å². The quantitative estimate of drug-likeness (QED) is 0.340. The van der Waals surface area contributed by atoms with Gasteiger partial charge in [-0.25, -0.2) is 0 Å². The number of aromatic hydroxyl groups is 1. The number of rotatable bonds is 6. The van der Waals surface area contributed by atoms with Crippen molar-refractivity contribution in [2.24, 2.45) is 5.10 Å². The van der Waals surface area contributed by atoms with E-state index in [1.807, 2.05) is 6.07 Å². The third kappa shape index (κ3) is 5.09. The maximum Gasteiger partial charge on any atom is 0.278 e. The van der Waals surface area contributed by atoms with Crippen LogP contribution in [0.5, 0.6) is 17.2 Å². The molecule has 0 aliphatic heterocycles. The van der Waals surface area contributed by atoms with E-state index in [0.717, 1.165) is 10.6 Å². The van der Waals surface area contributed by atoms with Crippen molar-refractivity contribution in [3.8, 4) is 23.3 Å². The normalized spacial score (nSPS) is 11.3. The molecular weight excluding hydrogens is 497 g/mol. The molecule has 0 fully saturated rings. The minimum atomic E-state index is -3.99. The van der Waals surface area contributed by atoms with Gasteiger partial charge in [0.15, 0.2) is 0 Å². The highest BCUT2D eigenvalue weighted by Gasteiger charge is 2.20. The zero-order valence-corrected chi connectivity index (χ0v) is 19.4. The fraction of sp³-hybridized carbons (Fsp3) is 0.0476. The molecule has 0 aliphatic rings. The Morgan fingerprint density at radius 1 is 1.09 bits per heavy atom. The molecular formula is C21H14Cl3N3O4S. The number of nitriles is 1. The van der Waals surface area contributed by atoms with Crippen LogP contribution in [0.15, 0.2) is 64.6 Å². The van der Waals surface area contributed by atoms with Gasteiger partial charge in [0.25, 0.3) is 10.0 Å². The molecule has 0 radical (unpaired) electrons. The van der Waals surface area contributed by atoms with Crippen LogP contribution >= 0.6 is 34.8 Å². The Balaban J connectivity index is 1.81. The molecule has 0 aliphatic carbocycles. The summed E-state index contributed by atoms with van der Waals surface area (Å²) in [6, 6.07) is 15.0.